The number of hydrogen-bond acceptors (Lipinski definition) is 4. The largest absolute Gasteiger partial charge is 0.468 e. The van der Waals surface area contributed by atoms with Crippen molar-refractivity contribution in [1.29, 1.82) is 0 Å². The van der Waals surface area contributed by atoms with E-state index in [1.54, 1.807) is 0 Å². The van der Waals surface area contributed by atoms with Gasteiger partial charge in [0.2, 0.25) is 0 Å². The van der Waals surface area contributed by atoms with Gasteiger partial charge in [0.15, 0.2) is 0 Å². The number of ether oxygens (including phenoxy) is 1. The van der Waals surface area contributed by atoms with Crippen molar-refractivity contribution >= 4 is 24.8 Å². The Kier molecular flexibility index (Phi) is 4.76. The SMILES string of the molecule is COC(=O)CN(S)C(=O)NC(C)(C)C. The molecule has 0 aromatic heterocycles. The highest BCUT2D eigenvalue weighted by Crippen LogP contribution is 2.02. The second-order valence-electron chi connectivity index (χ2n) is 3.81. The first kappa shape index (κ1) is 13.1. The van der Waals surface area contributed by atoms with Crippen molar-refractivity contribution in [2.24, 2.45) is 0 Å². The Morgan fingerprint density at radius 2 is 1.93 bits per heavy atom. The molecule has 0 radical (unpaired) electrons. The first-order chi connectivity index (χ1) is 6.26. The average molecular weight is 220 g/mol. The summed E-state index contributed by atoms with van der Waals surface area (Å²) < 4.78 is 5.36. The van der Waals surface area contributed by atoms with Gasteiger partial charge in [-0.25, -0.2) is 4.79 Å². The molecular formula is C8H16N2O3S. The van der Waals surface area contributed by atoms with Crippen molar-refractivity contribution in [3.05, 3.63) is 0 Å². The fraction of sp³-hybridized carbons (Fsp3) is 0.750. The van der Waals surface area contributed by atoms with Crippen LogP contribution >= 0.6 is 12.8 Å². The second kappa shape index (κ2) is 5.09. The maximum absolute atomic E-state index is 11.3. The molecule has 0 saturated carbocycles. The van der Waals surface area contributed by atoms with Crippen LogP contribution in [0.25, 0.3) is 0 Å². The molecule has 0 aliphatic heterocycles. The Morgan fingerprint density at radius 3 is 2.29 bits per heavy atom. The summed E-state index contributed by atoms with van der Waals surface area (Å²) in [5, 5.41) is 2.65. The minimum Gasteiger partial charge on any atom is -0.468 e. The Labute approximate surface area is 89.3 Å². The lowest BCUT2D eigenvalue weighted by molar-refractivity contribution is -0.140. The van der Waals surface area contributed by atoms with Crippen molar-refractivity contribution in [3.8, 4) is 0 Å². The summed E-state index contributed by atoms with van der Waals surface area (Å²) in [7, 11) is 1.26. The van der Waals surface area contributed by atoms with Gasteiger partial charge in [-0.3, -0.25) is 9.10 Å². The smallest absolute Gasteiger partial charge is 0.328 e. The molecular weight excluding hydrogens is 204 g/mol. The van der Waals surface area contributed by atoms with Gasteiger partial charge in [0, 0.05) is 5.54 Å². The molecule has 82 valence electrons. The highest BCUT2D eigenvalue weighted by Gasteiger charge is 2.19. The molecule has 0 heterocycles. The van der Waals surface area contributed by atoms with Gasteiger partial charge in [0.05, 0.1) is 7.11 Å². The summed E-state index contributed by atoms with van der Waals surface area (Å²) >= 11 is 3.85. The van der Waals surface area contributed by atoms with Crippen LogP contribution in [-0.4, -0.2) is 35.5 Å². The summed E-state index contributed by atoms with van der Waals surface area (Å²) in [6.07, 6.45) is 0. The van der Waals surface area contributed by atoms with Gasteiger partial charge in [-0.15, -0.1) is 0 Å². The number of methoxy groups -OCH3 is 1. The zero-order valence-electron chi connectivity index (χ0n) is 8.83. The van der Waals surface area contributed by atoms with Crippen LogP contribution < -0.4 is 5.32 Å². The van der Waals surface area contributed by atoms with E-state index >= 15 is 0 Å². The van der Waals surface area contributed by atoms with Crippen molar-refractivity contribution in [2.45, 2.75) is 26.3 Å². The zero-order chi connectivity index (χ0) is 11.4. The zero-order valence-corrected chi connectivity index (χ0v) is 9.72. The highest BCUT2D eigenvalue weighted by molar-refractivity contribution is 7.78. The fourth-order valence-corrected chi connectivity index (χ4v) is 0.809. The van der Waals surface area contributed by atoms with Gasteiger partial charge in [-0.05, 0) is 20.8 Å². The molecule has 0 aliphatic carbocycles. The number of esters is 1. The topological polar surface area (TPSA) is 58.6 Å². The minimum absolute atomic E-state index is 0.179. The predicted octanol–water partition coefficient (Wildman–Crippen LogP) is 0.814. The standard InChI is InChI=1S/C8H16N2O3S/c1-8(2,3)9-7(12)10(14)5-6(11)13-4/h14H,5H2,1-4H3,(H,9,12). The van der Waals surface area contributed by atoms with Gasteiger partial charge in [-0.1, -0.05) is 12.8 Å². The number of nitrogens with one attached hydrogen (secondary N) is 1. The van der Waals surface area contributed by atoms with Crippen LogP contribution in [-0.2, 0) is 9.53 Å². The molecule has 0 aliphatic rings. The quantitative estimate of drug-likeness (QED) is 0.535. The van der Waals surface area contributed by atoms with E-state index in [4.69, 9.17) is 0 Å². The van der Waals surface area contributed by atoms with Crippen LogP contribution in [0.3, 0.4) is 0 Å². The number of urea groups is 1. The van der Waals surface area contributed by atoms with Crippen molar-refractivity contribution in [3.63, 3.8) is 0 Å². The van der Waals surface area contributed by atoms with E-state index in [9.17, 15) is 9.59 Å². The summed E-state index contributed by atoms with van der Waals surface area (Å²) in [5.74, 6) is -0.510. The Bertz CT molecular complexity index is 225. The van der Waals surface area contributed by atoms with E-state index in [1.165, 1.54) is 7.11 Å². The van der Waals surface area contributed by atoms with Crippen LogP contribution in [0, 0.1) is 0 Å². The summed E-state index contributed by atoms with van der Waals surface area (Å²) in [6.45, 7) is 5.33. The Morgan fingerprint density at radius 1 is 1.43 bits per heavy atom. The molecule has 0 aromatic rings. The van der Waals surface area contributed by atoms with Crippen molar-refractivity contribution in [1.82, 2.24) is 9.62 Å². The molecule has 6 heteroatoms. The molecule has 0 rings (SSSR count). The maximum Gasteiger partial charge on any atom is 0.328 e. The van der Waals surface area contributed by atoms with E-state index in [2.05, 4.69) is 22.9 Å². The number of amides is 2. The molecule has 1 N–H and O–H groups in total. The molecule has 0 aromatic carbocycles. The number of carbonyl (C=O) groups excluding carboxylic acids is 2. The molecule has 0 atom stereocenters. The van der Waals surface area contributed by atoms with Crippen molar-refractivity contribution < 1.29 is 14.3 Å². The lowest BCUT2D eigenvalue weighted by Gasteiger charge is -2.24. The Balaban J connectivity index is 4.07. The first-order valence-corrected chi connectivity index (χ1v) is 4.51. The van der Waals surface area contributed by atoms with Crippen LogP contribution in [0.4, 0.5) is 4.79 Å². The first-order valence-electron chi connectivity index (χ1n) is 4.11. The molecule has 0 spiro atoms. The minimum atomic E-state index is -0.510. The van der Waals surface area contributed by atoms with E-state index in [1.807, 2.05) is 20.8 Å². The normalized spacial score (nSPS) is 10.6. The average Bonchev–Trinajstić information content (AvgIpc) is 2.00. The van der Waals surface area contributed by atoms with Gasteiger partial charge in [0.1, 0.15) is 6.54 Å². The number of nitrogens with zero attached hydrogens (tertiary/aromatic N) is 1. The van der Waals surface area contributed by atoms with E-state index in [0.29, 0.717) is 0 Å². The van der Waals surface area contributed by atoms with Crippen LogP contribution in [0.2, 0.25) is 0 Å². The van der Waals surface area contributed by atoms with Gasteiger partial charge in [0.25, 0.3) is 0 Å². The van der Waals surface area contributed by atoms with Crippen LogP contribution in [0.5, 0.6) is 0 Å². The third-order valence-corrected chi connectivity index (χ3v) is 1.55. The number of thiol groups is 1. The summed E-state index contributed by atoms with van der Waals surface area (Å²) in [6, 6.07) is -0.425. The molecule has 14 heavy (non-hydrogen) atoms. The fourth-order valence-electron chi connectivity index (χ4n) is 0.644. The van der Waals surface area contributed by atoms with Gasteiger partial charge >= 0.3 is 12.0 Å². The Hall–Kier alpha value is -0.910. The van der Waals surface area contributed by atoms with E-state index in [0.717, 1.165) is 4.31 Å². The molecule has 0 bridgehead atoms. The monoisotopic (exact) mass is 220 g/mol. The van der Waals surface area contributed by atoms with E-state index < -0.39 is 12.0 Å². The third kappa shape index (κ3) is 5.69. The predicted molar refractivity (Wildman–Crippen MR) is 56.0 cm³/mol. The lowest BCUT2D eigenvalue weighted by Crippen LogP contribution is -2.46. The van der Waals surface area contributed by atoms with Gasteiger partial charge < -0.3 is 10.1 Å². The van der Waals surface area contributed by atoms with Crippen LogP contribution in [0.1, 0.15) is 20.8 Å². The van der Waals surface area contributed by atoms with Gasteiger partial charge in [-0.2, -0.15) is 0 Å². The number of rotatable bonds is 2. The summed E-state index contributed by atoms with van der Waals surface area (Å²) in [5.41, 5.74) is -0.353. The molecule has 0 saturated heterocycles. The maximum atomic E-state index is 11.3. The highest BCUT2D eigenvalue weighted by atomic mass is 32.1. The van der Waals surface area contributed by atoms with Crippen molar-refractivity contribution in [2.75, 3.05) is 13.7 Å². The number of carbonyl (C=O) groups is 2. The molecule has 5 nitrogen and oxygen atoms in total. The summed E-state index contributed by atoms with van der Waals surface area (Å²) in [4.78, 5) is 22.1. The van der Waals surface area contributed by atoms with Crippen LogP contribution in [0.15, 0.2) is 0 Å². The lowest BCUT2D eigenvalue weighted by atomic mass is 10.1. The molecule has 0 unspecified atom stereocenters. The molecule has 2 amide bonds. The van der Waals surface area contributed by atoms with E-state index in [-0.39, 0.29) is 12.1 Å². The molecule has 0 fully saturated rings. The third-order valence-electron chi connectivity index (χ3n) is 1.22. The second-order valence-corrected chi connectivity index (χ2v) is 4.30. The number of hydrogen-bond donors (Lipinski definition) is 2.